The number of rotatable bonds is 4. The first-order valence-corrected chi connectivity index (χ1v) is 8.87. The fourth-order valence-electron chi connectivity index (χ4n) is 1.87. The van der Waals surface area contributed by atoms with Gasteiger partial charge in [-0.3, -0.25) is 0 Å². The van der Waals surface area contributed by atoms with Crippen molar-refractivity contribution in [2.45, 2.75) is 23.9 Å². The highest BCUT2D eigenvalue weighted by Gasteiger charge is 2.31. The van der Waals surface area contributed by atoms with Crippen molar-refractivity contribution in [2.75, 3.05) is 18.6 Å². The Morgan fingerprint density at radius 2 is 2.35 bits per heavy atom. The Balaban J connectivity index is 2.29. The molecule has 1 aromatic rings. The molecule has 7 heteroatoms. The van der Waals surface area contributed by atoms with Crippen LogP contribution in [0.2, 0.25) is 0 Å². The van der Waals surface area contributed by atoms with Crippen LogP contribution in [0.1, 0.15) is 11.3 Å². The molecule has 0 aromatic carbocycles. The maximum Gasteiger partial charge on any atom is 0.244 e. The first-order chi connectivity index (χ1) is 8.07. The summed E-state index contributed by atoms with van der Waals surface area (Å²) in [6.07, 6.45) is 0.933. The summed E-state index contributed by atoms with van der Waals surface area (Å²) in [6.45, 7) is 0.277. The molecule has 1 unspecified atom stereocenters. The van der Waals surface area contributed by atoms with Crippen LogP contribution in [-0.4, -0.2) is 37.3 Å². The Kier molecular flexibility index (Phi) is 4.14. The van der Waals surface area contributed by atoms with Gasteiger partial charge >= 0.3 is 0 Å². The zero-order chi connectivity index (χ0) is 12.5. The van der Waals surface area contributed by atoms with Gasteiger partial charge in [0.25, 0.3) is 0 Å². The van der Waals surface area contributed by atoms with Crippen LogP contribution in [0.5, 0.6) is 0 Å². The minimum Gasteiger partial charge on any atom is -0.326 e. The highest BCUT2D eigenvalue weighted by atomic mass is 32.2. The first kappa shape index (κ1) is 13.4. The standard InChI is InChI=1S/C10H16N2O2S3/c1-12(8-2-4-15-7-8)17(13,14)10-3-5-16-9(10)6-11/h3,5,8H,2,4,6-7,11H2,1H3. The van der Waals surface area contributed by atoms with E-state index in [2.05, 4.69) is 0 Å². The van der Waals surface area contributed by atoms with Gasteiger partial charge in [0.05, 0.1) is 4.90 Å². The zero-order valence-electron chi connectivity index (χ0n) is 9.63. The molecular weight excluding hydrogens is 276 g/mol. The molecule has 1 saturated heterocycles. The molecule has 0 saturated carbocycles. The fraction of sp³-hybridized carbons (Fsp3) is 0.600. The Hall–Kier alpha value is -0.0800. The van der Waals surface area contributed by atoms with Gasteiger partial charge < -0.3 is 5.73 Å². The lowest BCUT2D eigenvalue weighted by molar-refractivity contribution is 0.394. The molecule has 2 heterocycles. The Labute approximate surface area is 110 Å². The number of nitrogens with zero attached hydrogens (tertiary/aromatic N) is 1. The second kappa shape index (κ2) is 5.27. The van der Waals surface area contributed by atoms with Crippen LogP contribution in [0.25, 0.3) is 0 Å². The monoisotopic (exact) mass is 292 g/mol. The van der Waals surface area contributed by atoms with Gasteiger partial charge in [-0.2, -0.15) is 16.1 Å². The number of thioether (sulfide) groups is 1. The van der Waals surface area contributed by atoms with Crippen LogP contribution in [0.3, 0.4) is 0 Å². The van der Waals surface area contributed by atoms with Gasteiger partial charge in [0.1, 0.15) is 0 Å². The average Bonchev–Trinajstić information content (AvgIpc) is 2.98. The van der Waals surface area contributed by atoms with Crippen LogP contribution in [-0.2, 0) is 16.6 Å². The lowest BCUT2D eigenvalue weighted by Crippen LogP contribution is -2.37. The van der Waals surface area contributed by atoms with E-state index in [9.17, 15) is 8.42 Å². The third-order valence-electron chi connectivity index (χ3n) is 2.97. The van der Waals surface area contributed by atoms with Crippen molar-refractivity contribution in [3.63, 3.8) is 0 Å². The normalized spacial score (nSPS) is 21.2. The van der Waals surface area contributed by atoms with E-state index in [1.807, 2.05) is 0 Å². The van der Waals surface area contributed by atoms with E-state index in [0.29, 0.717) is 4.90 Å². The highest BCUT2D eigenvalue weighted by Crippen LogP contribution is 2.29. The maximum absolute atomic E-state index is 12.4. The molecule has 1 aliphatic rings. The predicted octanol–water partition coefficient (Wildman–Crippen LogP) is 1.33. The van der Waals surface area contributed by atoms with Gasteiger partial charge in [0.15, 0.2) is 0 Å². The number of nitrogens with two attached hydrogens (primary N) is 1. The van der Waals surface area contributed by atoms with Gasteiger partial charge in [-0.25, -0.2) is 8.42 Å². The van der Waals surface area contributed by atoms with Gasteiger partial charge in [-0.05, 0) is 23.6 Å². The van der Waals surface area contributed by atoms with E-state index in [-0.39, 0.29) is 12.6 Å². The van der Waals surface area contributed by atoms with Gasteiger partial charge in [0.2, 0.25) is 10.0 Å². The predicted molar refractivity (Wildman–Crippen MR) is 72.9 cm³/mol. The van der Waals surface area contributed by atoms with Gasteiger partial charge in [-0.15, -0.1) is 11.3 Å². The topological polar surface area (TPSA) is 63.4 Å². The molecule has 96 valence electrons. The highest BCUT2D eigenvalue weighted by molar-refractivity contribution is 7.99. The third-order valence-corrected chi connectivity index (χ3v) is 7.18. The van der Waals surface area contributed by atoms with Crippen LogP contribution in [0, 0.1) is 0 Å². The summed E-state index contributed by atoms with van der Waals surface area (Å²) in [5, 5.41) is 1.78. The Morgan fingerprint density at radius 3 is 2.94 bits per heavy atom. The Morgan fingerprint density at radius 1 is 1.59 bits per heavy atom. The molecule has 1 aromatic heterocycles. The maximum atomic E-state index is 12.4. The lowest BCUT2D eigenvalue weighted by Gasteiger charge is -2.23. The quantitative estimate of drug-likeness (QED) is 0.909. The molecule has 0 bridgehead atoms. The summed E-state index contributed by atoms with van der Waals surface area (Å²) in [5.74, 6) is 1.93. The average molecular weight is 292 g/mol. The minimum absolute atomic E-state index is 0.121. The molecule has 0 radical (unpaired) electrons. The molecule has 0 aliphatic carbocycles. The molecule has 1 aliphatic heterocycles. The largest absolute Gasteiger partial charge is 0.326 e. The van der Waals surface area contributed by atoms with Crippen molar-refractivity contribution in [1.29, 1.82) is 0 Å². The summed E-state index contributed by atoms with van der Waals surface area (Å²) in [6, 6.07) is 1.77. The molecule has 0 amide bonds. The molecule has 0 spiro atoms. The smallest absolute Gasteiger partial charge is 0.244 e. The van der Waals surface area contributed by atoms with E-state index in [4.69, 9.17) is 5.73 Å². The van der Waals surface area contributed by atoms with E-state index >= 15 is 0 Å². The minimum atomic E-state index is -3.37. The third kappa shape index (κ3) is 2.53. The van der Waals surface area contributed by atoms with Crippen LogP contribution in [0.4, 0.5) is 0 Å². The van der Waals surface area contributed by atoms with E-state index in [0.717, 1.165) is 22.8 Å². The number of hydrogen-bond donors (Lipinski definition) is 1. The first-order valence-electron chi connectivity index (χ1n) is 5.39. The molecule has 17 heavy (non-hydrogen) atoms. The second-order valence-electron chi connectivity index (χ2n) is 3.95. The van der Waals surface area contributed by atoms with E-state index in [1.165, 1.54) is 15.6 Å². The van der Waals surface area contributed by atoms with Gasteiger partial charge in [-0.1, -0.05) is 0 Å². The van der Waals surface area contributed by atoms with Crippen LogP contribution < -0.4 is 5.73 Å². The molecule has 1 fully saturated rings. The zero-order valence-corrected chi connectivity index (χ0v) is 12.1. The van der Waals surface area contributed by atoms with Crippen LogP contribution >= 0.6 is 23.1 Å². The van der Waals surface area contributed by atoms with Crippen molar-refractivity contribution >= 4 is 33.1 Å². The summed E-state index contributed by atoms with van der Waals surface area (Å²) in [4.78, 5) is 1.12. The van der Waals surface area contributed by atoms with E-state index in [1.54, 1.807) is 30.3 Å². The number of hydrogen-bond acceptors (Lipinski definition) is 5. The van der Waals surface area contributed by atoms with Crippen LogP contribution in [0.15, 0.2) is 16.3 Å². The van der Waals surface area contributed by atoms with Crippen molar-refractivity contribution in [1.82, 2.24) is 4.31 Å². The Bertz CT molecular complexity index is 477. The van der Waals surface area contributed by atoms with Crippen molar-refractivity contribution in [3.8, 4) is 0 Å². The second-order valence-corrected chi connectivity index (χ2v) is 8.07. The molecule has 4 nitrogen and oxygen atoms in total. The fourth-order valence-corrected chi connectivity index (χ4v) is 5.92. The molecule has 2 N–H and O–H groups in total. The SMILES string of the molecule is CN(C1CCSC1)S(=O)(=O)c1ccsc1CN. The van der Waals surface area contributed by atoms with E-state index < -0.39 is 10.0 Å². The molecular formula is C10H16N2O2S3. The van der Waals surface area contributed by atoms with Crippen molar-refractivity contribution < 1.29 is 8.42 Å². The summed E-state index contributed by atoms with van der Waals surface area (Å²) >= 11 is 3.21. The summed E-state index contributed by atoms with van der Waals surface area (Å²) in [5.41, 5.74) is 5.57. The van der Waals surface area contributed by atoms with Crippen molar-refractivity contribution in [3.05, 3.63) is 16.3 Å². The molecule has 2 rings (SSSR count). The molecule has 1 atom stereocenters. The lowest BCUT2D eigenvalue weighted by atomic mass is 10.3. The number of thiophene rings is 1. The van der Waals surface area contributed by atoms with Crippen molar-refractivity contribution in [2.24, 2.45) is 5.73 Å². The number of sulfonamides is 1. The summed E-state index contributed by atoms with van der Waals surface area (Å²) < 4.78 is 26.4. The van der Waals surface area contributed by atoms with Gasteiger partial charge in [0, 0.05) is 30.3 Å². The summed E-state index contributed by atoms with van der Waals surface area (Å²) in [7, 11) is -1.70.